The molecule has 2 aromatic rings. The molecule has 6 heteroatoms. The van der Waals surface area contributed by atoms with Gasteiger partial charge in [0.05, 0.1) is 16.3 Å². The van der Waals surface area contributed by atoms with Gasteiger partial charge in [0.1, 0.15) is 5.70 Å². The molecule has 2 amide bonds. The van der Waals surface area contributed by atoms with E-state index in [4.69, 9.17) is 23.2 Å². The molecule has 1 fully saturated rings. The number of hydrogen-bond acceptors (Lipinski definition) is 3. The van der Waals surface area contributed by atoms with Gasteiger partial charge in [-0.05, 0) is 43.0 Å². The van der Waals surface area contributed by atoms with Crippen LogP contribution in [0.15, 0.2) is 54.2 Å². The maximum Gasteiger partial charge on any atom is 0.282 e. The van der Waals surface area contributed by atoms with Crippen molar-refractivity contribution < 1.29 is 9.59 Å². The Morgan fingerprint density at radius 3 is 2.22 bits per heavy atom. The first kappa shape index (κ1) is 18.1. The predicted molar refractivity (Wildman–Crippen MR) is 108 cm³/mol. The molecular formula is C21H18Cl2N2O2. The number of nitrogens with zero attached hydrogens (tertiary/aromatic N) is 2. The number of rotatable bonds is 3. The van der Waals surface area contributed by atoms with Crippen molar-refractivity contribution in [3.63, 3.8) is 0 Å². The van der Waals surface area contributed by atoms with Crippen molar-refractivity contribution >= 4 is 46.3 Å². The lowest BCUT2D eigenvalue weighted by molar-refractivity contribution is -0.120. The number of benzene rings is 2. The quantitative estimate of drug-likeness (QED) is 0.697. The van der Waals surface area contributed by atoms with Gasteiger partial charge >= 0.3 is 0 Å². The van der Waals surface area contributed by atoms with Crippen molar-refractivity contribution in [3.8, 4) is 0 Å². The zero-order valence-corrected chi connectivity index (χ0v) is 16.1. The van der Waals surface area contributed by atoms with Crippen molar-refractivity contribution in [3.05, 3.63) is 69.8 Å². The van der Waals surface area contributed by atoms with E-state index in [1.165, 1.54) is 0 Å². The zero-order chi connectivity index (χ0) is 19.0. The smallest absolute Gasteiger partial charge is 0.282 e. The molecule has 2 aromatic carbocycles. The van der Waals surface area contributed by atoms with E-state index < -0.39 is 0 Å². The lowest BCUT2D eigenvalue weighted by atomic mass is 10.0. The molecule has 0 saturated carbocycles. The maximum absolute atomic E-state index is 13.4. The summed E-state index contributed by atoms with van der Waals surface area (Å²) in [5, 5.41) is 0.732. The van der Waals surface area contributed by atoms with Crippen molar-refractivity contribution in [2.24, 2.45) is 0 Å². The Bertz CT molecular complexity index is 934. The van der Waals surface area contributed by atoms with E-state index >= 15 is 0 Å². The van der Waals surface area contributed by atoms with E-state index in [2.05, 4.69) is 0 Å². The highest BCUT2D eigenvalue weighted by molar-refractivity contribution is 6.47. The van der Waals surface area contributed by atoms with Gasteiger partial charge in [0, 0.05) is 18.1 Å². The van der Waals surface area contributed by atoms with Crippen molar-refractivity contribution in [2.45, 2.75) is 19.3 Å². The number of hydrogen-bond donors (Lipinski definition) is 0. The minimum Gasteiger partial charge on any atom is -0.366 e. The summed E-state index contributed by atoms with van der Waals surface area (Å²) in [5.41, 5.74) is 1.94. The summed E-state index contributed by atoms with van der Waals surface area (Å²) in [7, 11) is 0. The van der Waals surface area contributed by atoms with Crippen molar-refractivity contribution in [1.82, 2.24) is 4.90 Å². The largest absolute Gasteiger partial charge is 0.366 e. The van der Waals surface area contributed by atoms with E-state index in [0.29, 0.717) is 27.0 Å². The molecule has 0 atom stereocenters. The van der Waals surface area contributed by atoms with Crippen LogP contribution in [0.25, 0.3) is 5.57 Å². The number of imide groups is 1. The fourth-order valence-corrected chi connectivity index (χ4v) is 4.04. The van der Waals surface area contributed by atoms with Gasteiger partial charge in [0.15, 0.2) is 0 Å². The highest BCUT2D eigenvalue weighted by atomic mass is 35.5. The number of carbonyl (C=O) groups is 2. The molecule has 0 N–H and O–H groups in total. The van der Waals surface area contributed by atoms with Crippen molar-refractivity contribution in [2.75, 3.05) is 18.0 Å². The molecule has 0 bridgehead atoms. The number of anilines is 1. The first-order chi connectivity index (χ1) is 13.1. The summed E-state index contributed by atoms with van der Waals surface area (Å²) >= 11 is 12.4. The zero-order valence-electron chi connectivity index (χ0n) is 14.6. The van der Waals surface area contributed by atoms with Gasteiger partial charge in [0.25, 0.3) is 11.8 Å². The van der Waals surface area contributed by atoms with Gasteiger partial charge in [-0.2, -0.15) is 0 Å². The molecule has 27 heavy (non-hydrogen) atoms. The summed E-state index contributed by atoms with van der Waals surface area (Å²) in [5.74, 6) is -0.708. The molecule has 2 aliphatic heterocycles. The summed E-state index contributed by atoms with van der Waals surface area (Å²) in [6.45, 7) is 1.53. The van der Waals surface area contributed by atoms with Gasteiger partial charge in [-0.25, -0.2) is 4.90 Å². The average molecular weight is 401 g/mol. The second-order valence-corrected chi connectivity index (χ2v) is 7.52. The van der Waals surface area contributed by atoms with Crippen LogP contribution < -0.4 is 4.90 Å². The molecule has 0 spiro atoms. The molecule has 0 radical (unpaired) electrons. The summed E-state index contributed by atoms with van der Waals surface area (Å²) < 4.78 is 0. The monoisotopic (exact) mass is 400 g/mol. The third-order valence-corrected chi connectivity index (χ3v) is 5.50. The molecule has 0 unspecified atom stereocenters. The highest BCUT2D eigenvalue weighted by Crippen LogP contribution is 2.39. The summed E-state index contributed by atoms with van der Waals surface area (Å²) in [6.07, 6.45) is 3.15. The van der Waals surface area contributed by atoms with E-state index in [1.807, 2.05) is 35.2 Å². The molecule has 4 rings (SSSR count). The van der Waals surface area contributed by atoms with Crippen LogP contribution >= 0.6 is 23.2 Å². The SMILES string of the molecule is O=C1C(c2ccccc2)=C(N2CCCCC2)C(=O)N1c1cc(Cl)ccc1Cl. The first-order valence-corrected chi connectivity index (χ1v) is 9.72. The Labute approximate surface area is 168 Å². The van der Waals surface area contributed by atoms with Gasteiger partial charge in [-0.15, -0.1) is 0 Å². The normalized spacial score (nSPS) is 17.9. The molecule has 0 aromatic heterocycles. The minimum absolute atomic E-state index is 0.313. The molecule has 1 saturated heterocycles. The fourth-order valence-electron chi connectivity index (χ4n) is 3.67. The number of carbonyl (C=O) groups excluding carboxylic acids is 2. The van der Waals surface area contributed by atoms with Crippen LogP contribution in [0.1, 0.15) is 24.8 Å². The number of likely N-dealkylation sites (tertiary alicyclic amines) is 1. The highest BCUT2D eigenvalue weighted by Gasteiger charge is 2.43. The van der Waals surface area contributed by atoms with Crippen molar-refractivity contribution in [1.29, 1.82) is 0 Å². The lowest BCUT2D eigenvalue weighted by Gasteiger charge is -2.29. The molecular weight excluding hydrogens is 383 g/mol. The molecule has 4 nitrogen and oxygen atoms in total. The van der Waals surface area contributed by atoms with E-state index in [1.54, 1.807) is 18.2 Å². The van der Waals surface area contributed by atoms with Crippen LogP contribution in [0, 0.1) is 0 Å². The maximum atomic E-state index is 13.4. The van der Waals surface area contributed by atoms with E-state index in [0.717, 1.165) is 42.8 Å². The van der Waals surface area contributed by atoms with Crippen LogP contribution in [-0.4, -0.2) is 29.8 Å². The van der Waals surface area contributed by atoms with Crippen LogP contribution in [0.4, 0.5) is 5.69 Å². The van der Waals surface area contributed by atoms with Gasteiger partial charge in [0.2, 0.25) is 0 Å². The first-order valence-electron chi connectivity index (χ1n) is 8.96. The second-order valence-electron chi connectivity index (χ2n) is 6.68. The van der Waals surface area contributed by atoms with Crippen LogP contribution in [0.2, 0.25) is 10.0 Å². The fraction of sp³-hybridized carbons (Fsp3) is 0.238. The number of amides is 2. The van der Waals surface area contributed by atoms with Crippen LogP contribution in [0.5, 0.6) is 0 Å². The van der Waals surface area contributed by atoms with E-state index in [9.17, 15) is 9.59 Å². The molecule has 0 aliphatic carbocycles. The predicted octanol–water partition coefficient (Wildman–Crippen LogP) is 4.76. The summed E-state index contributed by atoms with van der Waals surface area (Å²) in [4.78, 5) is 29.9. The lowest BCUT2D eigenvalue weighted by Crippen LogP contribution is -2.37. The van der Waals surface area contributed by atoms with Gasteiger partial charge < -0.3 is 4.90 Å². The molecule has 2 aliphatic rings. The molecule has 2 heterocycles. The standard InChI is InChI=1S/C21H18Cl2N2O2/c22-15-9-10-16(23)17(13-15)25-20(26)18(14-7-3-1-4-8-14)19(21(25)27)24-11-5-2-6-12-24/h1,3-4,7-10,13H,2,5-6,11-12H2. The van der Waals surface area contributed by atoms with Gasteiger partial charge in [-0.3, -0.25) is 9.59 Å². The van der Waals surface area contributed by atoms with Crippen LogP contribution in [-0.2, 0) is 9.59 Å². The van der Waals surface area contributed by atoms with Crippen LogP contribution in [0.3, 0.4) is 0 Å². The third kappa shape index (κ3) is 3.24. The Kier molecular flexibility index (Phi) is 4.94. The summed E-state index contributed by atoms with van der Waals surface area (Å²) in [6, 6.07) is 14.1. The Morgan fingerprint density at radius 2 is 1.52 bits per heavy atom. The average Bonchev–Trinajstić information content (AvgIpc) is 2.95. The Balaban J connectivity index is 1.85. The Morgan fingerprint density at radius 1 is 0.815 bits per heavy atom. The number of piperidine rings is 1. The second kappa shape index (κ2) is 7.37. The molecule has 138 valence electrons. The van der Waals surface area contributed by atoms with E-state index in [-0.39, 0.29) is 11.8 Å². The number of halogens is 2. The minimum atomic E-state index is -0.365. The topological polar surface area (TPSA) is 40.6 Å². The Hall–Kier alpha value is -2.30. The third-order valence-electron chi connectivity index (χ3n) is 4.94. The van der Waals surface area contributed by atoms with Gasteiger partial charge in [-0.1, -0.05) is 53.5 Å².